The van der Waals surface area contributed by atoms with Gasteiger partial charge in [-0.15, -0.1) is 0 Å². The van der Waals surface area contributed by atoms with E-state index in [-0.39, 0.29) is 5.76 Å². The summed E-state index contributed by atoms with van der Waals surface area (Å²) in [4.78, 5) is 20.7. The van der Waals surface area contributed by atoms with Crippen LogP contribution in [0.25, 0.3) is 0 Å². The zero-order valence-electron chi connectivity index (χ0n) is 9.60. The van der Waals surface area contributed by atoms with Gasteiger partial charge in [0.1, 0.15) is 6.29 Å². The zero-order chi connectivity index (χ0) is 14.0. The van der Waals surface area contributed by atoms with Crippen LogP contribution in [0, 0.1) is 16.0 Å². The first-order chi connectivity index (χ1) is 8.25. The fourth-order valence-corrected chi connectivity index (χ4v) is 2.11. The highest BCUT2D eigenvalue weighted by Crippen LogP contribution is 2.32. The molecule has 1 rings (SSSR count). The van der Waals surface area contributed by atoms with Crippen LogP contribution in [0.2, 0.25) is 0 Å². The molecule has 9 heteroatoms. The van der Waals surface area contributed by atoms with Gasteiger partial charge < -0.3 is 9.53 Å². The molecule has 0 amide bonds. The van der Waals surface area contributed by atoms with Gasteiger partial charge in [0, 0.05) is 6.08 Å². The first-order valence-electron chi connectivity index (χ1n) is 4.71. The summed E-state index contributed by atoms with van der Waals surface area (Å²) >= 11 is 0. The number of methoxy groups -OCH3 is 1. The number of allylic oxidation sites excluding steroid dienone is 2. The van der Waals surface area contributed by atoms with Gasteiger partial charge in [-0.2, -0.15) is 12.6 Å². The molecule has 0 aromatic rings. The van der Waals surface area contributed by atoms with Crippen molar-refractivity contribution in [3.05, 3.63) is 34.1 Å². The van der Waals surface area contributed by atoms with E-state index in [9.17, 15) is 23.3 Å². The van der Waals surface area contributed by atoms with Crippen molar-refractivity contribution in [2.75, 3.05) is 13.4 Å². The van der Waals surface area contributed by atoms with Gasteiger partial charge in [0.2, 0.25) is 5.76 Å². The molecule has 8 nitrogen and oxygen atoms in total. The highest BCUT2D eigenvalue weighted by Gasteiger charge is 2.52. The van der Waals surface area contributed by atoms with Crippen LogP contribution in [0.15, 0.2) is 24.0 Å². The van der Waals surface area contributed by atoms with E-state index in [1.54, 1.807) is 0 Å². The van der Waals surface area contributed by atoms with Crippen LogP contribution in [0.5, 0.6) is 0 Å². The first kappa shape index (κ1) is 14.3. The van der Waals surface area contributed by atoms with Crippen LogP contribution < -0.4 is 0 Å². The average Bonchev–Trinajstić information content (AvgIpc) is 2.27. The zero-order valence-corrected chi connectivity index (χ0v) is 10.4. The molecule has 0 aliphatic heterocycles. The largest absolute Gasteiger partial charge is 0.492 e. The second-order valence-corrected chi connectivity index (χ2v) is 5.12. The number of hydrogen-bond acceptors (Lipinski definition) is 7. The Kier molecular flexibility index (Phi) is 3.87. The maximum Gasteiger partial charge on any atom is 0.416 e. The van der Waals surface area contributed by atoms with Gasteiger partial charge in [0.15, 0.2) is 0 Å². The molecule has 0 fully saturated rings. The Morgan fingerprint density at radius 1 is 1.56 bits per heavy atom. The van der Waals surface area contributed by atoms with E-state index < -0.39 is 26.7 Å². The highest BCUT2D eigenvalue weighted by molar-refractivity contribution is 7.86. The minimum absolute atomic E-state index is 0.363. The summed E-state index contributed by atoms with van der Waals surface area (Å²) < 4.78 is 31.5. The third-order valence-corrected chi connectivity index (χ3v) is 2.72. The lowest BCUT2D eigenvalue weighted by atomic mass is 9.98. The molecular formula is C9H11NO7S. The number of rotatable bonds is 5. The molecule has 0 aromatic carbocycles. The summed E-state index contributed by atoms with van der Waals surface area (Å²) in [5.74, 6) is -1.09. The summed E-state index contributed by atoms with van der Waals surface area (Å²) in [5, 5.41) is 11.1. The number of nitrogens with zero attached hydrogens (tertiary/aromatic N) is 1. The molecule has 1 aliphatic rings. The Morgan fingerprint density at radius 2 is 2.17 bits per heavy atom. The lowest BCUT2D eigenvalue weighted by Gasteiger charge is -2.25. The van der Waals surface area contributed by atoms with E-state index in [4.69, 9.17) is 4.74 Å². The number of nitro groups is 1. The van der Waals surface area contributed by atoms with Crippen LogP contribution in [-0.2, 0) is 23.8 Å². The first-order valence-corrected chi connectivity index (χ1v) is 6.53. The maximum atomic E-state index is 11.1. The Bertz CT molecular complexity index is 521. The molecule has 2 atom stereocenters. The van der Waals surface area contributed by atoms with Crippen LogP contribution in [0.3, 0.4) is 0 Å². The summed E-state index contributed by atoms with van der Waals surface area (Å²) in [5.41, 5.74) is -2.46. The normalized spacial score (nSPS) is 27.4. The van der Waals surface area contributed by atoms with Gasteiger partial charge in [-0.05, 0) is 6.08 Å². The van der Waals surface area contributed by atoms with Crippen LogP contribution >= 0.6 is 0 Å². The minimum atomic E-state index is -4.10. The molecule has 0 aromatic heterocycles. The van der Waals surface area contributed by atoms with Gasteiger partial charge in [-0.1, -0.05) is 6.08 Å². The maximum absolute atomic E-state index is 11.1. The van der Waals surface area contributed by atoms with E-state index in [0.29, 0.717) is 12.5 Å². The van der Waals surface area contributed by atoms with Crippen molar-refractivity contribution >= 4 is 16.4 Å². The van der Waals surface area contributed by atoms with Crippen molar-refractivity contribution < 1.29 is 27.1 Å². The molecule has 18 heavy (non-hydrogen) atoms. The monoisotopic (exact) mass is 277 g/mol. The molecule has 0 saturated heterocycles. The van der Waals surface area contributed by atoms with Crippen LogP contribution in [0.1, 0.15) is 0 Å². The predicted molar refractivity (Wildman–Crippen MR) is 59.4 cm³/mol. The van der Waals surface area contributed by atoms with Gasteiger partial charge in [0.05, 0.1) is 24.2 Å². The highest BCUT2D eigenvalue weighted by atomic mass is 32.2. The van der Waals surface area contributed by atoms with Gasteiger partial charge in [0.25, 0.3) is 10.1 Å². The van der Waals surface area contributed by atoms with Crippen molar-refractivity contribution in [3.8, 4) is 0 Å². The fourth-order valence-electron chi connectivity index (χ4n) is 1.45. The number of hydrogen-bond donors (Lipinski definition) is 0. The number of aldehydes is 1. The van der Waals surface area contributed by atoms with Crippen molar-refractivity contribution in [1.29, 1.82) is 0 Å². The third-order valence-electron chi connectivity index (χ3n) is 2.17. The molecule has 0 heterocycles. The summed E-state index contributed by atoms with van der Waals surface area (Å²) in [6.07, 6.45) is 4.39. The molecule has 0 spiro atoms. The fraction of sp³-hybridized carbons (Fsp3) is 0.444. The minimum Gasteiger partial charge on any atom is -0.492 e. The summed E-state index contributed by atoms with van der Waals surface area (Å²) in [6.45, 7) is 0. The quantitative estimate of drug-likeness (QED) is 0.171. The van der Waals surface area contributed by atoms with E-state index >= 15 is 0 Å². The lowest BCUT2D eigenvalue weighted by Crippen LogP contribution is -2.45. The molecule has 0 bridgehead atoms. The average molecular weight is 277 g/mol. The van der Waals surface area contributed by atoms with E-state index in [1.807, 2.05) is 0 Å². The van der Waals surface area contributed by atoms with Gasteiger partial charge >= 0.3 is 5.72 Å². The Hall–Kier alpha value is -1.74. The summed E-state index contributed by atoms with van der Waals surface area (Å²) in [7, 11) is -2.97. The Balaban J connectivity index is 3.32. The molecule has 0 saturated carbocycles. The topological polar surface area (TPSA) is 113 Å². The van der Waals surface area contributed by atoms with E-state index in [1.165, 1.54) is 6.08 Å². The van der Waals surface area contributed by atoms with Gasteiger partial charge in [-0.25, -0.2) is 0 Å². The summed E-state index contributed by atoms with van der Waals surface area (Å²) in [6, 6.07) is 0. The molecule has 100 valence electrons. The van der Waals surface area contributed by atoms with Crippen molar-refractivity contribution in [2.45, 2.75) is 5.72 Å². The van der Waals surface area contributed by atoms with Gasteiger partial charge in [-0.3, -0.25) is 10.1 Å². The van der Waals surface area contributed by atoms with E-state index in [2.05, 4.69) is 4.18 Å². The van der Waals surface area contributed by atoms with Crippen LogP contribution in [0.4, 0.5) is 0 Å². The number of ether oxygens (including phenoxy) is 1. The molecular weight excluding hydrogens is 266 g/mol. The lowest BCUT2D eigenvalue weighted by molar-refractivity contribution is -0.592. The molecule has 0 radical (unpaired) electrons. The Morgan fingerprint density at radius 3 is 2.56 bits per heavy atom. The second kappa shape index (κ2) is 4.86. The van der Waals surface area contributed by atoms with Crippen LogP contribution in [-0.4, -0.2) is 38.7 Å². The molecule has 0 N–H and O–H groups in total. The van der Waals surface area contributed by atoms with Crippen molar-refractivity contribution in [1.82, 2.24) is 0 Å². The van der Waals surface area contributed by atoms with E-state index in [0.717, 1.165) is 19.3 Å². The number of carbonyl (C=O) groups is 1. The van der Waals surface area contributed by atoms with Crippen molar-refractivity contribution in [2.24, 2.45) is 5.92 Å². The molecule has 2 unspecified atom stereocenters. The van der Waals surface area contributed by atoms with Crippen molar-refractivity contribution in [3.63, 3.8) is 0 Å². The standard InChI is InChI=1S/C9H11NO7S/c1-16-8-5-7(6-11)3-4-9(8,10(12)13)17-18(2,14)15/h3-7H,1-2H3. The molecule has 1 aliphatic carbocycles. The number of carbonyl (C=O) groups excluding carboxylic acids is 1. The Labute approximate surface area is 103 Å². The SMILES string of the molecule is COC1=CC(C=O)C=CC1(OS(C)(=O)=O)[N+](=O)[O-]. The predicted octanol–water partition coefficient (Wildman–Crippen LogP) is -0.149. The second-order valence-electron chi connectivity index (χ2n) is 3.55. The third kappa shape index (κ3) is 2.74. The smallest absolute Gasteiger partial charge is 0.416 e.